The topological polar surface area (TPSA) is 42.7 Å². The van der Waals surface area contributed by atoms with Crippen LogP contribution in [-0.2, 0) is 13.0 Å². The van der Waals surface area contributed by atoms with Crippen LogP contribution in [0, 0.1) is 0 Å². The van der Waals surface area contributed by atoms with Gasteiger partial charge in [0.25, 0.3) is 0 Å². The van der Waals surface area contributed by atoms with Crippen LogP contribution in [0.1, 0.15) is 5.56 Å². The summed E-state index contributed by atoms with van der Waals surface area (Å²) in [6.45, 7) is 0.902. The first-order chi connectivity index (χ1) is 9.86. The first-order valence-corrected chi connectivity index (χ1v) is 6.83. The van der Waals surface area contributed by atoms with Crippen LogP contribution in [0.25, 0.3) is 11.0 Å². The van der Waals surface area contributed by atoms with E-state index in [1.807, 2.05) is 37.9 Å². The third-order valence-corrected chi connectivity index (χ3v) is 3.58. The Bertz CT molecular complexity index is 675. The van der Waals surface area contributed by atoms with Crippen LogP contribution in [-0.4, -0.2) is 27.6 Å². The van der Waals surface area contributed by atoms with Gasteiger partial charge in [0.2, 0.25) is 0 Å². The zero-order chi connectivity index (χ0) is 13.8. The number of benzene rings is 1. The van der Waals surface area contributed by atoms with E-state index in [4.69, 9.17) is 0 Å². The molecule has 0 aliphatic rings. The Labute approximate surface area is 118 Å². The first kappa shape index (κ1) is 12.8. The summed E-state index contributed by atoms with van der Waals surface area (Å²) in [7, 11) is 2.00. The average Bonchev–Trinajstić information content (AvgIpc) is 2.91. The standard InChI is InChI=1S/C16H18N4/c1-17-14(10-13-6-8-18-9-7-13)11-20-12-19-15-4-2-3-5-16(15)20/h2-9,12,14,17H,10-11H2,1H3. The molecule has 1 atom stereocenters. The number of nitrogens with one attached hydrogen (secondary N) is 1. The molecule has 1 unspecified atom stereocenters. The lowest BCUT2D eigenvalue weighted by molar-refractivity contribution is 0.484. The van der Waals surface area contributed by atoms with Gasteiger partial charge in [0.1, 0.15) is 0 Å². The van der Waals surface area contributed by atoms with Crippen molar-refractivity contribution in [2.45, 2.75) is 19.0 Å². The maximum atomic E-state index is 4.44. The second-order valence-corrected chi connectivity index (χ2v) is 4.93. The minimum absolute atomic E-state index is 0.370. The van der Waals surface area contributed by atoms with Gasteiger partial charge in [-0.25, -0.2) is 4.98 Å². The van der Waals surface area contributed by atoms with Gasteiger partial charge in [-0.2, -0.15) is 0 Å². The van der Waals surface area contributed by atoms with Crippen LogP contribution < -0.4 is 5.32 Å². The van der Waals surface area contributed by atoms with Crippen molar-refractivity contribution in [2.24, 2.45) is 0 Å². The molecule has 0 radical (unpaired) electrons. The molecule has 2 heterocycles. The van der Waals surface area contributed by atoms with Crippen molar-refractivity contribution >= 4 is 11.0 Å². The Hall–Kier alpha value is -2.20. The maximum Gasteiger partial charge on any atom is 0.0958 e. The zero-order valence-corrected chi connectivity index (χ0v) is 11.5. The van der Waals surface area contributed by atoms with Crippen molar-refractivity contribution in [1.29, 1.82) is 0 Å². The van der Waals surface area contributed by atoms with E-state index in [0.29, 0.717) is 6.04 Å². The Morgan fingerprint density at radius 3 is 2.75 bits per heavy atom. The number of fused-ring (bicyclic) bond motifs is 1. The van der Waals surface area contributed by atoms with Crippen LogP contribution in [0.15, 0.2) is 55.1 Å². The molecule has 4 nitrogen and oxygen atoms in total. The predicted octanol–water partition coefficient (Wildman–Crippen LogP) is 2.26. The number of para-hydroxylation sites is 2. The highest BCUT2D eigenvalue weighted by molar-refractivity contribution is 5.74. The lowest BCUT2D eigenvalue weighted by atomic mass is 10.1. The molecule has 0 aliphatic heterocycles. The van der Waals surface area contributed by atoms with E-state index < -0.39 is 0 Å². The highest BCUT2D eigenvalue weighted by Crippen LogP contribution is 2.13. The molecular formula is C16H18N4. The Morgan fingerprint density at radius 2 is 1.95 bits per heavy atom. The van der Waals surface area contributed by atoms with Gasteiger partial charge in [0.15, 0.2) is 0 Å². The van der Waals surface area contributed by atoms with Gasteiger partial charge < -0.3 is 9.88 Å². The Morgan fingerprint density at radius 1 is 1.15 bits per heavy atom. The number of rotatable bonds is 5. The van der Waals surface area contributed by atoms with Crippen molar-refractivity contribution in [2.75, 3.05) is 7.05 Å². The summed E-state index contributed by atoms with van der Waals surface area (Å²) in [5.74, 6) is 0. The Balaban J connectivity index is 1.78. The van der Waals surface area contributed by atoms with Crippen LogP contribution in [0.5, 0.6) is 0 Å². The number of hydrogen-bond acceptors (Lipinski definition) is 3. The van der Waals surface area contributed by atoms with Gasteiger partial charge >= 0.3 is 0 Å². The smallest absolute Gasteiger partial charge is 0.0958 e. The van der Waals surface area contributed by atoms with Gasteiger partial charge in [-0.3, -0.25) is 4.98 Å². The van der Waals surface area contributed by atoms with Crippen molar-refractivity contribution in [1.82, 2.24) is 19.9 Å². The molecule has 0 aliphatic carbocycles. The fourth-order valence-corrected chi connectivity index (χ4v) is 2.45. The van der Waals surface area contributed by atoms with E-state index in [-0.39, 0.29) is 0 Å². The second kappa shape index (κ2) is 5.84. The molecule has 3 aromatic rings. The molecule has 2 aromatic heterocycles. The predicted molar refractivity (Wildman–Crippen MR) is 80.5 cm³/mol. The molecule has 20 heavy (non-hydrogen) atoms. The number of imidazole rings is 1. The summed E-state index contributed by atoms with van der Waals surface area (Å²) < 4.78 is 2.21. The van der Waals surface area contributed by atoms with E-state index in [2.05, 4.69) is 44.1 Å². The third-order valence-electron chi connectivity index (χ3n) is 3.58. The third kappa shape index (κ3) is 2.70. The molecule has 3 rings (SSSR count). The molecule has 0 fully saturated rings. The summed E-state index contributed by atoms with van der Waals surface area (Å²) in [6.07, 6.45) is 6.58. The monoisotopic (exact) mass is 266 g/mol. The lowest BCUT2D eigenvalue weighted by Crippen LogP contribution is -2.32. The van der Waals surface area contributed by atoms with E-state index in [1.165, 1.54) is 11.1 Å². The highest BCUT2D eigenvalue weighted by Gasteiger charge is 2.10. The molecule has 0 saturated heterocycles. The van der Waals surface area contributed by atoms with Gasteiger partial charge in [-0.1, -0.05) is 12.1 Å². The number of nitrogens with zero attached hydrogens (tertiary/aromatic N) is 3. The summed E-state index contributed by atoms with van der Waals surface area (Å²) in [4.78, 5) is 8.50. The van der Waals surface area contributed by atoms with Gasteiger partial charge in [-0.05, 0) is 43.3 Å². The first-order valence-electron chi connectivity index (χ1n) is 6.83. The molecule has 1 N–H and O–H groups in total. The van der Waals surface area contributed by atoms with Crippen molar-refractivity contribution < 1.29 is 0 Å². The SMILES string of the molecule is CNC(Cc1ccncc1)Cn1cnc2ccccc21. The summed E-state index contributed by atoms with van der Waals surface area (Å²) in [6, 6.07) is 12.7. The summed E-state index contributed by atoms with van der Waals surface area (Å²) >= 11 is 0. The van der Waals surface area contributed by atoms with Crippen molar-refractivity contribution in [3.63, 3.8) is 0 Å². The molecular weight excluding hydrogens is 248 g/mol. The number of hydrogen-bond donors (Lipinski definition) is 1. The zero-order valence-electron chi connectivity index (χ0n) is 11.5. The van der Waals surface area contributed by atoms with Crippen molar-refractivity contribution in [3.05, 3.63) is 60.7 Å². The van der Waals surface area contributed by atoms with Crippen LogP contribution in [0.3, 0.4) is 0 Å². The van der Waals surface area contributed by atoms with E-state index in [9.17, 15) is 0 Å². The summed E-state index contributed by atoms with van der Waals surface area (Å²) in [5, 5.41) is 3.38. The van der Waals surface area contributed by atoms with Gasteiger partial charge in [0.05, 0.1) is 17.4 Å². The molecule has 4 heteroatoms. The Kier molecular flexibility index (Phi) is 3.74. The lowest BCUT2D eigenvalue weighted by Gasteiger charge is -2.17. The maximum absolute atomic E-state index is 4.44. The molecule has 0 amide bonds. The largest absolute Gasteiger partial charge is 0.329 e. The van der Waals surface area contributed by atoms with E-state index in [1.54, 1.807) is 0 Å². The fourth-order valence-electron chi connectivity index (χ4n) is 2.45. The van der Waals surface area contributed by atoms with E-state index in [0.717, 1.165) is 18.5 Å². The molecule has 1 aromatic carbocycles. The molecule has 0 saturated carbocycles. The second-order valence-electron chi connectivity index (χ2n) is 4.93. The highest BCUT2D eigenvalue weighted by atomic mass is 15.1. The number of likely N-dealkylation sites (N-methyl/N-ethyl adjacent to an activating group) is 1. The van der Waals surface area contributed by atoms with Crippen LogP contribution in [0.2, 0.25) is 0 Å². The van der Waals surface area contributed by atoms with Gasteiger partial charge in [-0.15, -0.1) is 0 Å². The summed E-state index contributed by atoms with van der Waals surface area (Å²) in [5.41, 5.74) is 3.53. The van der Waals surface area contributed by atoms with Crippen LogP contribution in [0.4, 0.5) is 0 Å². The number of aromatic nitrogens is 3. The molecule has 0 bridgehead atoms. The fraction of sp³-hybridized carbons (Fsp3) is 0.250. The van der Waals surface area contributed by atoms with Gasteiger partial charge in [0, 0.05) is 25.0 Å². The van der Waals surface area contributed by atoms with Crippen LogP contribution >= 0.6 is 0 Å². The quantitative estimate of drug-likeness (QED) is 0.770. The normalized spacial score (nSPS) is 12.7. The van der Waals surface area contributed by atoms with Crippen molar-refractivity contribution in [3.8, 4) is 0 Å². The minimum Gasteiger partial charge on any atom is -0.329 e. The van der Waals surface area contributed by atoms with E-state index >= 15 is 0 Å². The minimum atomic E-state index is 0.370. The number of pyridine rings is 1. The molecule has 102 valence electrons. The molecule has 0 spiro atoms. The average molecular weight is 266 g/mol.